The molecule has 0 bridgehead atoms. The highest BCUT2D eigenvalue weighted by Gasteiger charge is 2.20. The SMILES string of the molecule is CC(=O)N1CCCN(C(=O)Nc2ccc(OCC3CCCCO3)cc2)CC1. The van der Waals surface area contributed by atoms with Gasteiger partial charge in [0.2, 0.25) is 5.91 Å². The van der Waals surface area contributed by atoms with Gasteiger partial charge in [0.25, 0.3) is 0 Å². The van der Waals surface area contributed by atoms with Crippen LogP contribution in [0.25, 0.3) is 0 Å². The van der Waals surface area contributed by atoms with Crippen molar-refractivity contribution in [2.24, 2.45) is 0 Å². The number of carbonyl (C=O) groups excluding carboxylic acids is 2. The van der Waals surface area contributed by atoms with Crippen LogP contribution < -0.4 is 10.1 Å². The van der Waals surface area contributed by atoms with E-state index in [4.69, 9.17) is 9.47 Å². The van der Waals surface area contributed by atoms with Crippen LogP contribution in [0.2, 0.25) is 0 Å². The summed E-state index contributed by atoms with van der Waals surface area (Å²) >= 11 is 0. The van der Waals surface area contributed by atoms with Gasteiger partial charge in [0.05, 0.1) is 6.10 Å². The molecule has 1 aromatic rings. The normalized spacial score (nSPS) is 20.7. The zero-order valence-electron chi connectivity index (χ0n) is 16.0. The summed E-state index contributed by atoms with van der Waals surface area (Å²) in [4.78, 5) is 27.5. The van der Waals surface area contributed by atoms with Crippen molar-refractivity contribution in [3.05, 3.63) is 24.3 Å². The number of anilines is 1. The summed E-state index contributed by atoms with van der Waals surface area (Å²) < 4.78 is 11.5. The third-order valence-electron chi connectivity index (χ3n) is 5.04. The van der Waals surface area contributed by atoms with Gasteiger partial charge in [-0.3, -0.25) is 4.79 Å². The van der Waals surface area contributed by atoms with Gasteiger partial charge in [-0.2, -0.15) is 0 Å². The van der Waals surface area contributed by atoms with E-state index >= 15 is 0 Å². The Labute approximate surface area is 160 Å². The maximum absolute atomic E-state index is 12.5. The number of carbonyl (C=O) groups is 2. The fourth-order valence-corrected chi connectivity index (χ4v) is 3.40. The van der Waals surface area contributed by atoms with Gasteiger partial charge in [-0.25, -0.2) is 4.79 Å². The Kier molecular flexibility index (Phi) is 6.92. The largest absolute Gasteiger partial charge is 0.491 e. The van der Waals surface area contributed by atoms with Gasteiger partial charge >= 0.3 is 6.03 Å². The van der Waals surface area contributed by atoms with Gasteiger partial charge in [0.15, 0.2) is 0 Å². The lowest BCUT2D eigenvalue weighted by Gasteiger charge is -2.23. The lowest BCUT2D eigenvalue weighted by molar-refractivity contribution is -0.128. The number of amides is 3. The molecular formula is C20H29N3O4. The average Bonchev–Trinajstić information content (AvgIpc) is 2.95. The predicted octanol–water partition coefficient (Wildman–Crippen LogP) is 2.72. The summed E-state index contributed by atoms with van der Waals surface area (Å²) in [7, 11) is 0. The van der Waals surface area contributed by atoms with E-state index < -0.39 is 0 Å². The third-order valence-corrected chi connectivity index (χ3v) is 5.04. The van der Waals surface area contributed by atoms with E-state index in [0.717, 1.165) is 37.3 Å². The van der Waals surface area contributed by atoms with Crippen LogP contribution >= 0.6 is 0 Å². The molecule has 0 radical (unpaired) electrons. The molecule has 2 fully saturated rings. The molecule has 2 heterocycles. The molecule has 1 N–H and O–H groups in total. The fourth-order valence-electron chi connectivity index (χ4n) is 3.40. The third kappa shape index (κ3) is 5.85. The van der Waals surface area contributed by atoms with E-state index in [1.807, 2.05) is 24.3 Å². The topological polar surface area (TPSA) is 71.1 Å². The fraction of sp³-hybridized carbons (Fsp3) is 0.600. The van der Waals surface area contributed by atoms with E-state index in [0.29, 0.717) is 32.8 Å². The van der Waals surface area contributed by atoms with Gasteiger partial charge in [0.1, 0.15) is 12.4 Å². The van der Waals surface area contributed by atoms with Crippen molar-refractivity contribution in [1.29, 1.82) is 0 Å². The molecule has 2 aliphatic heterocycles. The van der Waals surface area contributed by atoms with E-state index in [9.17, 15) is 9.59 Å². The second kappa shape index (κ2) is 9.60. The first-order valence-corrected chi connectivity index (χ1v) is 9.78. The van der Waals surface area contributed by atoms with Gasteiger partial charge in [0, 0.05) is 45.4 Å². The summed E-state index contributed by atoms with van der Waals surface area (Å²) in [5.74, 6) is 0.834. The minimum Gasteiger partial charge on any atom is -0.491 e. The minimum atomic E-state index is -0.135. The maximum atomic E-state index is 12.5. The second-order valence-electron chi connectivity index (χ2n) is 7.10. The highest BCUT2D eigenvalue weighted by molar-refractivity contribution is 5.89. The smallest absolute Gasteiger partial charge is 0.321 e. The number of hydrogen-bond donors (Lipinski definition) is 1. The van der Waals surface area contributed by atoms with Gasteiger partial charge < -0.3 is 24.6 Å². The van der Waals surface area contributed by atoms with Crippen molar-refractivity contribution in [2.75, 3.05) is 44.7 Å². The lowest BCUT2D eigenvalue weighted by Crippen LogP contribution is -2.38. The second-order valence-corrected chi connectivity index (χ2v) is 7.10. The summed E-state index contributed by atoms with van der Waals surface area (Å²) in [6.07, 6.45) is 4.35. The number of ether oxygens (including phenoxy) is 2. The van der Waals surface area contributed by atoms with E-state index in [1.165, 1.54) is 6.42 Å². The number of urea groups is 1. The highest BCUT2D eigenvalue weighted by Crippen LogP contribution is 2.19. The van der Waals surface area contributed by atoms with E-state index in [2.05, 4.69) is 5.32 Å². The molecule has 7 nitrogen and oxygen atoms in total. The van der Waals surface area contributed by atoms with Crippen molar-refractivity contribution >= 4 is 17.6 Å². The molecule has 7 heteroatoms. The number of nitrogens with zero attached hydrogens (tertiary/aromatic N) is 2. The molecule has 1 unspecified atom stereocenters. The van der Waals surface area contributed by atoms with Crippen molar-refractivity contribution in [3.8, 4) is 5.75 Å². The van der Waals surface area contributed by atoms with Gasteiger partial charge in [-0.15, -0.1) is 0 Å². The molecule has 0 aliphatic carbocycles. The van der Waals surface area contributed by atoms with Crippen LogP contribution in [-0.4, -0.2) is 67.2 Å². The number of benzene rings is 1. The molecule has 1 atom stereocenters. The lowest BCUT2D eigenvalue weighted by atomic mass is 10.1. The molecule has 1 aromatic carbocycles. The van der Waals surface area contributed by atoms with Gasteiger partial charge in [-0.05, 0) is 49.9 Å². The number of rotatable bonds is 4. The molecule has 0 spiro atoms. The Morgan fingerprint density at radius 1 is 1.07 bits per heavy atom. The minimum absolute atomic E-state index is 0.0615. The van der Waals surface area contributed by atoms with Gasteiger partial charge in [-0.1, -0.05) is 0 Å². The Bertz CT molecular complexity index is 629. The van der Waals surface area contributed by atoms with Crippen LogP contribution in [0.1, 0.15) is 32.6 Å². The quantitative estimate of drug-likeness (QED) is 0.878. The van der Waals surface area contributed by atoms with Crippen molar-refractivity contribution in [2.45, 2.75) is 38.7 Å². The van der Waals surface area contributed by atoms with E-state index in [1.54, 1.807) is 16.7 Å². The monoisotopic (exact) mass is 375 g/mol. The standard InChI is InChI=1S/C20H29N3O4/c1-16(24)22-10-4-11-23(13-12-22)20(25)21-17-6-8-18(9-7-17)27-15-19-5-2-3-14-26-19/h6-9,19H,2-5,10-15H2,1H3,(H,21,25). The highest BCUT2D eigenvalue weighted by atomic mass is 16.5. The van der Waals surface area contributed by atoms with Crippen LogP contribution in [0.3, 0.4) is 0 Å². The summed E-state index contributed by atoms with van der Waals surface area (Å²) in [6.45, 7) is 5.44. The zero-order chi connectivity index (χ0) is 19.1. The first-order valence-electron chi connectivity index (χ1n) is 9.78. The molecule has 148 valence electrons. The van der Waals surface area contributed by atoms with Crippen LogP contribution in [0.4, 0.5) is 10.5 Å². The van der Waals surface area contributed by atoms with E-state index in [-0.39, 0.29) is 18.0 Å². The van der Waals surface area contributed by atoms with Crippen molar-refractivity contribution in [3.63, 3.8) is 0 Å². The first-order chi connectivity index (χ1) is 13.1. The van der Waals surface area contributed by atoms with Crippen molar-refractivity contribution in [1.82, 2.24) is 9.80 Å². The molecule has 3 amide bonds. The number of hydrogen-bond acceptors (Lipinski definition) is 4. The number of nitrogens with one attached hydrogen (secondary N) is 1. The Morgan fingerprint density at radius 3 is 2.52 bits per heavy atom. The molecule has 0 saturated carbocycles. The Hall–Kier alpha value is -2.28. The molecule has 27 heavy (non-hydrogen) atoms. The van der Waals surface area contributed by atoms with Crippen LogP contribution in [0.15, 0.2) is 24.3 Å². The van der Waals surface area contributed by atoms with Crippen LogP contribution in [0, 0.1) is 0 Å². The van der Waals surface area contributed by atoms with Crippen LogP contribution in [-0.2, 0) is 9.53 Å². The molecule has 2 saturated heterocycles. The maximum Gasteiger partial charge on any atom is 0.321 e. The first kappa shape index (κ1) is 19.5. The average molecular weight is 375 g/mol. The van der Waals surface area contributed by atoms with Crippen molar-refractivity contribution < 1.29 is 19.1 Å². The molecule has 0 aromatic heterocycles. The summed E-state index contributed by atoms with van der Waals surface area (Å²) in [5.41, 5.74) is 0.730. The summed E-state index contributed by atoms with van der Waals surface area (Å²) in [5, 5.41) is 2.92. The predicted molar refractivity (Wildman–Crippen MR) is 103 cm³/mol. The molecule has 3 rings (SSSR count). The zero-order valence-corrected chi connectivity index (χ0v) is 16.0. The molecule has 2 aliphatic rings. The molecular weight excluding hydrogens is 346 g/mol. The Morgan fingerprint density at radius 2 is 1.81 bits per heavy atom. The van der Waals surface area contributed by atoms with Crippen LogP contribution in [0.5, 0.6) is 5.75 Å². The Balaban J connectivity index is 1.45. The summed E-state index contributed by atoms with van der Waals surface area (Å²) in [6, 6.07) is 7.27.